The number of carbonyl (C=O) groups is 3. The van der Waals surface area contributed by atoms with Crippen molar-refractivity contribution in [3.63, 3.8) is 0 Å². The van der Waals surface area contributed by atoms with Gasteiger partial charge in [-0.1, -0.05) is 30.3 Å². The molecule has 7 heteroatoms. The molecule has 0 spiro atoms. The standard InChI is InChI=1S/C21H20FN3O3/c1-13-11-14-5-3-4-6-17(14)25(13)18(26)12-24-19(27)21(2,23-20(24)28)15-7-9-16(22)10-8-15/h3-10,13H,11-12H2,1-2H3,(H,23,28)/t13-,21+/m0/s1. The Morgan fingerprint density at radius 1 is 1.18 bits per heavy atom. The molecule has 2 aromatic carbocycles. The SMILES string of the molecule is C[C@H]1Cc2ccccc2N1C(=O)CN1C(=O)N[C@](C)(c2ccc(F)cc2)C1=O. The van der Waals surface area contributed by atoms with Gasteiger partial charge in [-0.25, -0.2) is 9.18 Å². The Labute approximate surface area is 161 Å². The van der Waals surface area contributed by atoms with Crippen LogP contribution in [-0.4, -0.2) is 35.3 Å². The summed E-state index contributed by atoms with van der Waals surface area (Å²) in [6, 6.07) is 12.3. The summed E-state index contributed by atoms with van der Waals surface area (Å²) in [6.07, 6.45) is 0.731. The molecule has 0 saturated carbocycles. The van der Waals surface area contributed by atoms with E-state index in [-0.39, 0.29) is 18.5 Å². The third-order valence-corrected chi connectivity index (χ3v) is 5.47. The normalized spacial score (nSPS) is 23.8. The number of para-hydroxylation sites is 1. The Kier molecular flexibility index (Phi) is 4.18. The molecular formula is C21H20FN3O3. The van der Waals surface area contributed by atoms with Crippen molar-refractivity contribution in [1.82, 2.24) is 10.2 Å². The lowest BCUT2D eigenvalue weighted by molar-refractivity contribution is -0.134. The molecule has 144 valence electrons. The van der Waals surface area contributed by atoms with Crippen LogP contribution in [-0.2, 0) is 21.5 Å². The monoisotopic (exact) mass is 381 g/mol. The summed E-state index contributed by atoms with van der Waals surface area (Å²) in [6.45, 7) is 3.14. The van der Waals surface area contributed by atoms with Gasteiger partial charge >= 0.3 is 6.03 Å². The molecule has 2 aliphatic rings. The molecule has 0 unspecified atom stereocenters. The lowest BCUT2D eigenvalue weighted by Crippen LogP contribution is -2.46. The van der Waals surface area contributed by atoms with E-state index in [9.17, 15) is 18.8 Å². The van der Waals surface area contributed by atoms with Crippen LogP contribution in [0.4, 0.5) is 14.9 Å². The van der Waals surface area contributed by atoms with Crippen molar-refractivity contribution in [3.05, 3.63) is 65.5 Å². The van der Waals surface area contributed by atoms with Crippen molar-refractivity contribution in [2.75, 3.05) is 11.4 Å². The quantitative estimate of drug-likeness (QED) is 0.831. The van der Waals surface area contributed by atoms with E-state index in [1.54, 1.807) is 11.8 Å². The number of amides is 4. The van der Waals surface area contributed by atoms with Crippen molar-refractivity contribution < 1.29 is 18.8 Å². The van der Waals surface area contributed by atoms with Crippen LogP contribution in [0.2, 0.25) is 0 Å². The number of anilines is 1. The molecule has 1 fully saturated rings. The van der Waals surface area contributed by atoms with E-state index in [1.807, 2.05) is 31.2 Å². The number of nitrogens with zero attached hydrogens (tertiary/aromatic N) is 2. The number of halogens is 1. The topological polar surface area (TPSA) is 69.7 Å². The maximum atomic E-state index is 13.2. The predicted molar refractivity (Wildman–Crippen MR) is 101 cm³/mol. The zero-order chi connectivity index (χ0) is 20.1. The van der Waals surface area contributed by atoms with E-state index in [0.29, 0.717) is 5.56 Å². The molecule has 2 atom stereocenters. The first-order chi connectivity index (χ1) is 13.3. The Morgan fingerprint density at radius 2 is 1.86 bits per heavy atom. The highest BCUT2D eigenvalue weighted by atomic mass is 19.1. The van der Waals surface area contributed by atoms with Gasteiger partial charge in [-0.3, -0.25) is 14.5 Å². The van der Waals surface area contributed by atoms with Gasteiger partial charge in [0.1, 0.15) is 17.9 Å². The van der Waals surface area contributed by atoms with Gasteiger partial charge in [0.05, 0.1) is 0 Å². The van der Waals surface area contributed by atoms with Crippen molar-refractivity contribution in [1.29, 1.82) is 0 Å². The van der Waals surface area contributed by atoms with Crippen molar-refractivity contribution in [2.45, 2.75) is 31.8 Å². The van der Waals surface area contributed by atoms with Crippen LogP contribution >= 0.6 is 0 Å². The number of hydrogen-bond donors (Lipinski definition) is 1. The average molecular weight is 381 g/mol. The summed E-state index contributed by atoms with van der Waals surface area (Å²) in [5, 5.41) is 2.64. The van der Waals surface area contributed by atoms with Gasteiger partial charge in [-0.05, 0) is 49.6 Å². The molecule has 0 radical (unpaired) electrons. The maximum Gasteiger partial charge on any atom is 0.325 e. The summed E-state index contributed by atoms with van der Waals surface area (Å²) in [7, 11) is 0. The number of urea groups is 1. The molecule has 0 bridgehead atoms. The average Bonchev–Trinajstić information content (AvgIpc) is 3.11. The van der Waals surface area contributed by atoms with Gasteiger partial charge in [0.25, 0.3) is 5.91 Å². The lowest BCUT2D eigenvalue weighted by Gasteiger charge is -2.25. The first-order valence-corrected chi connectivity index (χ1v) is 9.11. The summed E-state index contributed by atoms with van der Waals surface area (Å²) >= 11 is 0. The first-order valence-electron chi connectivity index (χ1n) is 9.11. The Hall–Kier alpha value is -3.22. The number of nitrogens with one attached hydrogen (secondary N) is 1. The van der Waals surface area contributed by atoms with E-state index in [4.69, 9.17) is 0 Å². The number of hydrogen-bond acceptors (Lipinski definition) is 3. The summed E-state index contributed by atoms with van der Waals surface area (Å²) in [4.78, 5) is 41.0. The van der Waals surface area contributed by atoms with Gasteiger partial charge in [0, 0.05) is 11.7 Å². The van der Waals surface area contributed by atoms with Gasteiger partial charge in [-0.2, -0.15) is 0 Å². The zero-order valence-corrected chi connectivity index (χ0v) is 15.6. The maximum absolute atomic E-state index is 13.2. The molecule has 2 heterocycles. The van der Waals surface area contributed by atoms with Gasteiger partial charge in [0.2, 0.25) is 5.91 Å². The second kappa shape index (κ2) is 6.44. The number of imide groups is 1. The molecule has 0 aliphatic carbocycles. The van der Waals surface area contributed by atoms with Gasteiger partial charge in [-0.15, -0.1) is 0 Å². The van der Waals surface area contributed by atoms with Crippen LogP contribution in [0, 0.1) is 5.82 Å². The third-order valence-electron chi connectivity index (χ3n) is 5.47. The molecule has 0 aromatic heterocycles. The Bertz CT molecular complexity index is 975. The van der Waals surface area contributed by atoms with Gasteiger partial charge in [0.15, 0.2) is 0 Å². The fraction of sp³-hybridized carbons (Fsp3) is 0.286. The third kappa shape index (κ3) is 2.74. The van der Waals surface area contributed by atoms with Crippen LogP contribution < -0.4 is 10.2 Å². The zero-order valence-electron chi connectivity index (χ0n) is 15.6. The fourth-order valence-corrected chi connectivity index (χ4v) is 3.98. The van der Waals surface area contributed by atoms with Gasteiger partial charge < -0.3 is 10.2 Å². The molecule has 2 aromatic rings. The molecule has 4 amide bonds. The highest BCUT2D eigenvalue weighted by molar-refractivity contribution is 6.10. The second-order valence-electron chi connectivity index (χ2n) is 7.40. The lowest BCUT2D eigenvalue weighted by atomic mass is 9.92. The minimum atomic E-state index is -1.33. The smallest absolute Gasteiger partial charge is 0.319 e. The van der Waals surface area contributed by atoms with E-state index < -0.39 is 23.3 Å². The molecule has 1 N–H and O–H groups in total. The Balaban J connectivity index is 1.57. The summed E-state index contributed by atoms with van der Waals surface area (Å²) in [5.74, 6) is -1.28. The molecule has 1 saturated heterocycles. The minimum absolute atomic E-state index is 0.0471. The summed E-state index contributed by atoms with van der Waals surface area (Å²) < 4.78 is 13.2. The van der Waals surface area contributed by atoms with E-state index in [0.717, 1.165) is 22.6 Å². The van der Waals surface area contributed by atoms with E-state index in [2.05, 4.69) is 5.32 Å². The van der Waals surface area contributed by atoms with Crippen molar-refractivity contribution >= 4 is 23.5 Å². The number of fused-ring (bicyclic) bond motifs is 1. The van der Waals surface area contributed by atoms with Crippen LogP contribution in [0.5, 0.6) is 0 Å². The van der Waals surface area contributed by atoms with Crippen molar-refractivity contribution in [3.8, 4) is 0 Å². The van der Waals surface area contributed by atoms with Crippen LogP contribution in [0.15, 0.2) is 48.5 Å². The van der Waals surface area contributed by atoms with Crippen molar-refractivity contribution in [2.24, 2.45) is 0 Å². The number of carbonyl (C=O) groups excluding carboxylic acids is 3. The molecule has 2 aliphatic heterocycles. The van der Waals surface area contributed by atoms with Crippen LogP contribution in [0.3, 0.4) is 0 Å². The first kappa shape index (κ1) is 18.2. The fourth-order valence-electron chi connectivity index (χ4n) is 3.98. The number of rotatable bonds is 3. The Morgan fingerprint density at radius 3 is 2.57 bits per heavy atom. The van der Waals surface area contributed by atoms with Crippen LogP contribution in [0.25, 0.3) is 0 Å². The minimum Gasteiger partial charge on any atom is -0.319 e. The molecular weight excluding hydrogens is 361 g/mol. The van der Waals surface area contributed by atoms with E-state index in [1.165, 1.54) is 24.3 Å². The molecule has 6 nitrogen and oxygen atoms in total. The highest BCUT2D eigenvalue weighted by Gasteiger charge is 2.50. The largest absolute Gasteiger partial charge is 0.325 e. The van der Waals surface area contributed by atoms with Crippen LogP contribution in [0.1, 0.15) is 25.0 Å². The van der Waals surface area contributed by atoms with E-state index >= 15 is 0 Å². The summed E-state index contributed by atoms with van der Waals surface area (Å²) in [5.41, 5.74) is 1.01. The second-order valence-corrected chi connectivity index (χ2v) is 7.40. The highest BCUT2D eigenvalue weighted by Crippen LogP contribution is 2.33. The molecule has 4 rings (SSSR count). The molecule has 28 heavy (non-hydrogen) atoms. The number of benzene rings is 2. The predicted octanol–water partition coefficient (Wildman–Crippen LogP) is 2.57.